The molecule has 0 N–H and O–H groups in total. The third-order valence-electron chi connectivity index (χ3n) is 2.80. The standard InChI is InChI=1S/C14H17N3O2/c1-10-5-4-6-11(9-10)14-15-12(19-16-14)7-8-13(18)17(2)3/h4-6,9H,7-8H2,1-3H3. The van der Waals surface area contributed by atoms with Crippen molar-refractivity contribution in [2.75, 3.05) is 14.1 Å². The van der Waals surface area contributed by atoms with Crippen LogP contribution in [0.5, 0.6) is 0 Å². The van der Waals surface area contributed by atoms with Crippen LogP contribution < -0.4 is 0 Å². The molecule has 0 fully saturated rings. The first-order valence-electron chi connectivity index (χ1n) is 6.16. The highest BCUT2D eigenvalue weighted by Gasteiger charge is 2.11. The zero-order chi connectivity index (χ0) is 13.8. The van der Waals surface area contributed by atoms with Crippen molar-refractivity contribution in [1.82, 2.24) is 15.0 Å². The molecule has 1 heterocycles. The van der Waals surface area contributed by atoms with Crippen LogP contribution in [0, 0.1) is 6.92 Å². The lowest BCUT2D eigenvalue weighted by Crippen LogP contribution is -2.21. The Morgan fingerprint density at radius 1 is 1.37 bits per heavy atom. The van der Waals surface area contributed by atoms with Crippen LogP contribution in [0.4, 0.5) is 0 Å². The van der Waals surface area contributed by atoms with Gasteiger partial charge >= 0.3 is 0 Å². The van der Waals surface area contributed by atoms with E-state index in [9.17, 15) is 4.79 Å². The predicted molar refractivity (Wildman–Crippen MR) is 71.5 cm³/mol. The van der Waals surface area contributed by atoms with Gasteiger partial charge in [-0.2, -0.15) is 4.98 Å². The normalized spacial score (nSPS) is 10.5. The van der Waals surface area contributed by atoms with Crippen LogP contribution in [0.25, 0.3) is 11.4 Å². The molecule has 100 valence electrons. The van der Waals surface area contributed by atoms with Crippen molar-refractivity contribution < 1.29 is 9.32 Å². The molecule has 5 nitrogen and oxygen atoms in total. The Morgan fingerprint density at radius 3 is 2.84 bits per heavy atom. The summed E-state index contributed by atoms with van der Waals surface area (Å²) >= 11 is 0. The second kappa shape index (κ2) is 5.65. The van der Waals surface area contributed by atoms with Crippen molar-refractivity contribution in [3.8, 4) is 11.4 Å². The van der Waals surface area contributed by atoms with Gasteiger partial charge < -0.3 is 9.42 Å². The maximum atomic E-state index is 11.5. The minimum absolute atomic E-state index is 0.0512. The van der Waals surface area contributed by atoms with Crippen LogP contribution in [0.2, 0.25) is 0 Å². The lowest BCUT2D eigenvalue weighted by molar-refractivity contribution is -0.128. The van der Waals surface area contributed by atoms with Crippen LogP contribution in [0.1, 0.15) is 17.9 Å². The van der Waals surface area contributed by atoms with E-state index >= 15 is 0 Å². The Balaban J connectivity index is 2.05. The fourth-order valence-corrected chi connectivity index (χ4v) is 1.70. The number of rotatable bonds is 4. The van der Waals surface area contributed by atoms with Gasteiger partial charge in [0.25, 0.3) is 0 Å². The van der Waals surface area contributed by atoms with Crippen LogP contribution in [0.3, 0.4) is 0 Å². The van der Waals surface area contributed by atoms with E-state index in [4.69, 9.17) is 4.52 Å². The summed E-state index contributed by atoms with van der Waals surface area (Å²) < 4.78 is 5.16. The van der Waals surface area contributed by atoms with Crippen molar-refractivity contribution in [3.05, 3.63) is 35.7 Å². The number of aromatic nitrogens is 2. The largest absolute Gasteiger partial charge is 0.349 e. The predicted octanol–water partition coefficient (Wildman–Crippen LogP) is 2.07. The number of benzene rings is 1. The van der Waals surface area contributed by atoms with E-state index in [1.807, 2.05) is 31.2 Å². The van der Waals surface area contributed by atoms with Gasteiger partial charge in [0.2, 0.25) is 17.6 Å². The van der Waals surface area contributed by atoms with E-state index < -0.39 is 0 Å². The molecule has 0 spiro atoms. The highest BCUT2D eigenvalue weighted by Crippen LogP contribution is 2.17. The van der Waals surface area contributed by atoms with E-state index in [0.29, 0.717) is 24.6 Å². The van der Waals surface area contributed by atoms with E-state index in [0.717, 1.165) is 11.1 Å². The lowest BCUT2D eigenvalue weighted by Gasteiger charge is -2.07. The first kappa shape index (κ1) is 13.3. The summed E-state index contributed by atoms with van der Waals surface area (Å²) in [6.07, 6.45) is 0.846. The third-order valence-corrected chi connectivity index (χ3v) is 2.80. The summed E-state index contributed by atoms with van der Waals surface area (Å²) in [7, 11) is 3.46. The second-order valence-electron chi connectivity index (χ2n) is 4.67. The molecule has 0 atom stereocenters. The van der Waals surface area contributed by atoms with Crippen LogP contribution in [0.15, 0.2) is 28.8 Å². The van der Waals surface area contributed by atoms with Gasteiger partial charge in [-0.05, 0) is 13.0 Å². The first-order chi connectivity index (χ1) is 9.06. The highest BCUT2D eigenvalue weighted by atomic mass is 16.5. The quantitative estimate of drug-likeness (QED) is 0.843. The molecular weight excluding hydrogens is 242 g/mol. The molecule has 1 amide bonds. The molecule has 0 saturated carbocycles. The monoisotopic (exact) mass is 259 g/mol. The minimum Gasteiger partial charge on any atom is -0.349 e. The molecule has 2 aromatic rings. The summed E-state index contributed by atoms with van der Waals surface area (Å²) in [5.41, 5.74) is 2.07. The Labute approximate surface area is 112 Å². The van der Waals surface area contributed by atoms with Crippen LogP contribution in [-0.2, 0) is 11.2 Å². The van der Waals surface area contributed by atoms with Gasteiger partial charge in [0.15, 0.2) is 0 Å². The second-order valence-corrected chi connectivity index (χ2v) is 4.67. The molecule has 0 aliphatic heterocycles. The van der Waals surface area contributed by atoms with Crippen LogP contribution >= 0.6 is 0 Å². The van der Waals surface area contributed by atoms with E-state index in [-0.39, 0.29) is 5.91 Å². The average Bonchev–Trinajstić information content (AvgIpc) is 2.84. The van der Waals surface area contributed by atoms with E-state index in [1.165, 1.54) is 0 Å². The van der Waals surface area contributed by atoms with E-state index in [2.05, 4.69) is 10.1 Å². The number of nitrogens with zero attached hydrogens (tertiary/aromatic N) is 3. The average molecular weight is 259 g/mol. The number of hydrogen-bond acceptors (Lipinski definition) is 4. The van der Waals surface area contributed by atoms with Gasteiger partial charge in [-0.3, -0.25) is 4.79 Å². The van der Waals surface area contributed by atoms with Crippen molar-refractivity contribution in [2.45, 2.75) is 19.8 Å². The number of carbonyl (C=O) groups is 1. The summed E-state index contributed by atoms with van der Waals surface area (Å²) in [5.74, 6) is 1.11. The maximum Gasteiger partial charge on any atom is 0.227 e. The molecule has 0 saturated heterocycles. The molecular formula is C14H17N3O2. The summed E-state index contributed by atoms with van der Waals surface area (Å²) in [4.78, 5) is 17.3. The molecule has 0 bridgehead atoms. The first-order valence-corrected chi connectivity index (χ1v) is 6.16. The smallest absolute Gasteiger partial charge is 0.227 e. The van der Waals surface area contributed by atoms with Crippen molar-refractivity contribution >= 4 is 5.91 Å². The Bertz CT molecular complexity index is 576. The molecule has 0 aliphatic carbocycles. The van der Waals surface area contributed by atoms with Crippen molar-refractivity contribution in [2.24, 2.45) is 0 Å². The van der Waals surface area contributed by atoms with Crippen LogP contribution in [-0.4, -0.2) is 35.0 Å². The van der Waals surface area contributed by atoms with Gasteiger partial charge in [0.05, 0.1) is 0 Å². The number of hydrogen-bond donors (Lipinski definition) is 0. The Hall–Kier alpha value is -2.17. The number of aryl methyl sites for hydroxylation is 2. The van der Waals surface area contributed by atoms with Crippen molar-refractivity contribution in [1.29, 1.82) is 0 Å². The summed E-state index contributed by atoms with van der Waals surface area (Å²) in [6.45, 7) is 2.01. The zero-order valence-corrected chi connectivity index (χ0v) is 11.4. The fourth-order valence-electron chi connectivity index (χ4n) is 1.70. The Kier molecular flexibility index (Phi) is 3.94. The minimum atomic E-state index is 0.0512. The van der Waals surface area contributed by atoms with Gasteiger partial charge in [0, 0.05) is 32.5 Å². The summed E-state index contributed by atoms with van der Waals surface area (Å²) in [5, 5.41) is 3.94. The topological polar surface area (TPSA) is 59.2 Å². The third kappa shape index (κ3) is 3.40. The van der Waals surface area contributed by atoms with Gasteiger partial charge in [-0.15, -0.1) is 0 Å². The van der Waals surface area contributed by atoms with Gasteiger partial charge in [-0.1, -0.05) is 28.9 Å². The van der Waals surface area contributed by atoms with E-state index in [1.54, 1.807) is 19.0 Å². The Morgan fingerprint density at radius 2 is 2.16 bits per heavy atom. The zero-order valence-electron chi connectivity index (χ0n) is 11.4. The molecule has 19 heavy (non-hydrogen) atoms. The molecule has 0 aliphatic rings. The summed E-state index contributed by atoms with van der Waals surface area (Å²) in [6, 6.07) is 7.91. The molecule has 1 aromatic heterocycles. The van der Waals surface area contributed by atoms with Gasteiger partial charge in [-0.25, -0.2) is 0 Å². The molecule has 0 unspecified atom stereocenters. The van der Waals surface area contributed by atoms with Gasteiger partial charge in [0.1, 0.15) is 0 Å². The highest BCUT2D eigenvalue weighted by molar-refractivity contribution is 5.75. The maximum absolute atomic E-state index is 11.5. The molecule has 5 heteroatoms. The molecule has 1 aromatic carbocycles. The van der Waals surface area contributed by atoms with Crippen molar-refractivity contribution in [3.63, 3.8) is 0 Å². The molecule has 0 radical (unpaired) electrons. The fraction of sp³-hybridized carbons (Fsp3) is 0.357. The number of carbonyl (C=O) groups excluding carboxylic acids is 1. The molecule has 2 rings (SSSR count). The number of amides is 1. The SMILES string of the molecule is Cc1cccc(-c2noc(CCC(=O)N(C)C)n2)c1. The lowest BCUT2D eigenvalue weighted by atomic mass is 10.1.